The van der Waals surface area contributed by atoms with Gasteiger partial charge in [0.2, 0.25) is 18.0 Å². The number of nitrogens with two attached hydrogens (primary N) is 1. The lowest BCUT2D eigenvalue weighted by Gasteiger charge is -2.29. The molecule has 0 saturated heterocycles. The molecule has 0 saturated carbocycles. The Hall–Kier alpha value is -4.82. The first-order valence-electron chi connectivity index (χ1n) is 16.2. The molecule has 4 aromatic rings. The van der Waals surface area contributed by atoms with E-state index < -0.39 is 41.5 Å². The highest BCUT2D eigenvalue weighted by atomic mass is 35.5. The van der Waals surface area contributed by atoms with Crippen molar-refractivity contribution in [2.24, 2.45) is 28.5 Å². The Morgan fingerprint density at radius 2 is 1.60 bits per heavy atom. The Kier molecular flexibility index (Phi) is 11.1. The van der Waals surface area contributed by atoms with Gasteiger partial charge in [-0.3, -0.25) is 14.4 Å². The lowest BCUT2D eigenvalue weighted by Crippen LogP contribution is -2.50. The molecule has 3 atom stereocenters. The van der Waals surface area contributed by atoms with Crippen LogP contribution in [0.3, 0.4) is 0 Å². The number of benzene rings is 4. The maximum absolute atomic E-state index is 14.6. The summed E-state index contributed by atoms with van der Waals surface area (Å²) in [5, 5.41) is 2.95. The number of hydrogen-bond donors (Lipinski definition) is 2. The molecule has 7 nitrogen and oxygen atoms in total. The Balaban J connectivity index is 1.57. The van der Waals surface area contributed by atoms with Gasteiger partial charge in [0.05, 0.1) is 23.0 Å². The average Bonchev–Trinajstić information content (AvgIpc) is 3.18. The van der Waals surface area contributed by atoms with E-state index >= 15 is 0 Å². The highest BCUT2D eigenvalue weighted by molar-refractivity contribution is 6.31. The zero-order valence-electron chi connectivity index (χ0n) is 27.3. The lowest BCUT2D eigenvalue weighted by molar-refractivity contribution is -0.136. The fourth-order valence-electron chi connectivity index (χ4n) is 6.28. The van der Waals surface area contributed by atoms with Crippen LogP contribution >= 0.6 is 11.6 Å². The summed E-state index contributed by atoms with van der Waals surface area (Å²) in [6, 6.07) is 29.2. The van der Waals surface area contributed by atoms with Crippen LogP contribution in [0, 0.1) is 23.6 Å². The van der Waals surface area contributed by atoms with E-state index in [1.807, 2.05) is 99.6 Å². The Bertz CT molecular complexity index is 1830. The lowest BCUT2D eigenvalue weighted by atomic mass is 9.81. The number of para-hydroxylation sites is 1. The van der Waals surface area contributed by atoms with E-state index in [0.717, 1.165) is 27.8 Å². The summed E-state index contributed by atoms with van der Waals surface area (Å²) in [6.45, 7) is 6.08. The van der Waals surface area contributed by atoms with Gasteiger partial charge in [-0.2, -0.15) is 0 Å². The SMILES string of the molecule is CCC[C@H](C(N)=O)[C@@H](CC(C)C)C(=O)NC1N=C(c2ccccc2)c2ccccc2N(Cc2cccc(-c3ccc(F)c(Cl)c3)c2)C1=O. The molecule has 48 heavy (non-hydrogen) atoms. The molecule has 1 aliphatic heterocycles. The highest BCUT2D eigenvalue weighted by Crippen LogP contribution is 2.32. The van der Waals surface area contributed by atoms with Gasteiger partial charge < -0.3 is 16.0 Å². The van der Waals surface area contributed by atoms with Gasteiger partial charge in [-0.1, -0.05) is 112 Å². The van der Waals surface area contributed by atoms with E-state index in [1.54, 1.807) is 17.0 Å². The van der Waals surface area contributed by atoms with Crippen LogP contribution in [0.15, 0.2) is 102 Å². The van der Waals surface area contributed by atoms with Crippen molar-refractivity contribution in [3.8, 4) is 11.1 Å². The molecule has 3 N–H and O–H groups in total. The molecule has 248 valence electrons. The molecule has 0 fully saturated rings. The molecule has 9 heteroatoms. The van der Waals surface area contributed by atoms with Gasteiger partial charge in [-0.05, 0) is 59.7 Å². The van der Waals surface area contributed by atoms with E-state index in [2.05, 4.69) is 5.32 Å². The number of carbonyl (C=O) groups is 3. The maximum atomic E-state index is 14.6. The number of benzodiazepines with no additional fused rings is 1. The number of fused-ring (bicyclic) bond motifs is 1. The number of hydrogen-bond acceptors (Lipinski definition) is 4. The van der Waals surface area contributed by atoms with Crippen LogP contribution in [0.2, 0.25) is 5.02 Å². The van der Waals surface area contributed by atoms with Crippen molar-refractivity contribution in [1.29, 1.82) is 0 Å². The number of nitrogens with zero attached hydrogens (tertiary/aromatic N) is 2. The van der Waals surface area contributed by atoms with Crippen LogP contribution in [0.4, 0.5) is 10.1 Å². The third-order valence-corrected chi connectivity index (χ3v) is 8.86. The zero-order chi connectivity index (χ0) is 34.4. The topological polar surface area (TPSA) is 105 Å². The molecular weight excluding hydrogens is 627 g/mol. The summed E-state index contributed by atoms with van der Waals surface area (Å²) < 4.78 is 13.9. The first-order chi connectivity index (χ1) is 23.1. The number of primary amides is 1. The molecule has 0 bridgehead atoms. The van der Waals surface area contributed by atoms with Crippen LogP contribution in [-0.2, 0) is 20.9 Å². The Morgan fingerprint density at radius 3 is 2.29 bits per heavy atom. The van der Waals surface area contributed by atoms with Gasteiger partial charge in [0.15, 0.2) is 0 Å². The molecular formula is C39H40ClFN4O3. The first kappa shape index (κ1) is 34.5. The molecule has 1 heterocycles. The van der Waals surface area contributed by atoms with Crippen LogP contribution in [0.5, 0.6) is 0 Å². The summed E-state index contributed by atoms with van der Waals surface area (Å²) in [5.41, 5.74) is 10.9. The van der Waals surface area contributed by atoms with Crippen molar-refractivity contribution in [3.05, 3.63) is 125 Å². The van der Waals surface area contributed by atoms with Gasteiger partial charge in [0.25, 0.3) is 5.91 Å². The number of carbonyl (C=O) groups excluding carboxylic acids is 3. The second kappa shape index (κ2) is 15.4. The van der Waals surface area contributed by atoms with Crippen molar-refractivity contribution in [2.75, 3.05) is 4.90 Å². The predicted molar refractivity (Wildman–Crippen MR) is 189 cm³/mol. The largest absolute Gasteiger partial charge is 0.369 e. The molecule has 0 aromatic heterocycles. The van der Waals surface area contributed by atoms with E-state index in [4.69, 9.17) is 22.3 Å². The zero-order valence-corrected chi connectivity index (χ0v) is 28.1. The van der Waals surface area contributed by atoms with Crippen LogP contribution in [0.25, 0.3) is 11.1 Å². The Labute approximate surface area is 286 Å². The number of amides is 3. The predicted octanol–water partition coefficient (Wildman–Crippen LogP) is 7.54. The Morgan fingerprint density at radius 1 is 0.917 bits per heavy atom. The fraction of sp³-hybridized carbons (Fsp3) is 0.282. The average molecular weight is 667 g/mol. The minimum Gasteiger partial charge on any atom is -0.369 e. The van der Waals surface area contributed by atoms with E-state index in [-0.39, 0.29) is 17.5 Å². The minimum atomic E-state index is -1.27. The summed E-state index contributed by atoms with van der Waals surface area (Å²) in [4.78, 5) is 47.8. The molecule has 4 aromatic carbocycles. The molecule has 3 amide bonds. The second-order valence-corrected chi connectivity index (χ2v) is 13.0. The van der Waals surface area contributed by atoms with E-state index in [1.165, 1.54) is 6.07 Å². The van der Waals surface area contributed by atoms with Crippen molar-refractivity contribution in [3.63, 3.8) is 0 Å². The molecule has 0 aliphatic carbocycles. The van der Waals surface area contributed by atoms with Crippen LogP contribution < -0.4 is 16.0 Å². The van der Waals surface area contributed by atoms with Crippen molar-refractivity contribution in [1.82, 2.24) is 5.32 Å². The van der Waals surface area contributed by atoms with Gasteiger partial charge in [-0.25, -0.2) is 9.38 Å². The number of rotatable bonds is 12. The van der Waals surface area contributed by atoms with Gasteiger partial charge in [-0.15, -0.1) is 0 Å². The van der Waals surface area contributed by atoms with Gasteiger partial charge >= 0.3 is 0 Å². The quantitative estimate of drug-likeness (QED) is 0.163. The smallest absolute Gasteiger partial charge is 0.272 e. The number of nitrogens with one attached hydrogen (secondary N) is 1. The van der Waals surface area contributed by atoms with Gasteiger partial charge in [0.1, 0.15) is 5.82 Å². The first-order valence-corrected chi connectivity index (χ1v) is 16.6. The standard InChI is InChI=1S/C39H40ClFN4O3/c1-4-11-29(36(42)46)31(20-24(2)3)38(47)44-37-39(48)45(23-25-12-10-15-27(21-25)28-18-19-33(41)32(40)22-28)34-17-9-8-16-30(34)35(43-37)26-13-6-5-7-14-26/h5-10,12-19,21-22,24,29,31,37H,4,11,20,23H2,1-3H3,(H2,42,46)(H,44,47)/t29-,31+,37?/m0/s1. The molecule has 1 unspecified atom stereocenters. The second-order valence-electron chi connectivity index (χ2n) is 12.6. The fourth-order valence-corrected chi connectivity index (χ4v) is 6.46. The third-order valence-electron chi connectivity index (χ3n) is 8.57. The summed E-state index contributed by atoms with van der Waals surface area (Å²) >= 11 is 6.08. The summed E-state index contributed by atoms with van der Waals surface area (Å²) in [6.07, 6.45) is 0.300. The summed E-state index contributed by atoms with van der Waals surface area (Å²) in [7, 11) is 0. The normalized spacial score (nSPS) is 15.7. The van der Waals surface area contributed by atoms with Crippen molar-refractivity contribution < 1.29 is 18.8 Å². The molecule has 0 radical (unpaired) electrons. The van der Waals surface area contributed by atoms with Crippen LogP contribution in [0.1, 0.15) is 56.7 Å². The van der Waals surface area contributed by atoms with Crippen molar-refractivity contribution in [2.45, 2.75) is 52.7 Å². The maximum Gasteiger partial charge on any atom is 0.272 e. The number of aliphatic imine (C=N–C) groups is 1. The molecule has 0 spiro atoms. The van der Waals surface area contributed by atoms with E-state index in [0.29, 0.717) is 30.7 Å². The third kappa shape index (κ3) is 7.82. The molecule has 1 aliphatic rings. The van der Waals surface area contributed by atoms with Crippen molar-refractivity contribution >= 4 is 40.7 Å². The summed E-state index contributed by atoms with van der Waals surface area (Å²) in [5.74, 6) is -3.18. The monoisotopic (exact) mass is 666 g/mol. The minimum absolute atomic E-state index is 0.0204. The number of halogens is 2. The van der Waals surface area contributed by atoms with Crippen LogP contribution in [-0.4, -0.2) is 29.6 Å². The van der Waals surface area contributed by atoms with Gasteiger partial charge in [0, 0.05) is 23.0 Å². The molecule has 5 rings (SSSR count). The number of anilines is 1. The highest BCUT2D eigenvalue weighted by Gasteiger charge is 2.37. The van der Waals surface area contributed by atoms with E-state index in [9.17, 15) is 18.8 Å².